The highest BCUT2D eigenvalue weighted by Gasteiger charge is 2.32. The van der Waals surface area contributed by atoms with Gasteiger partial charge in [-0.3, -0.25) is 13.9 Å². The summed E-state index contributed by atoms with van der Waals surface area (Å²) in [5.74, 6) is -0.766. The largest absolute Gasteiger partial charge is 0.354 e. The zero-order valence-corrected chi connectivity index (χ0v) is 26.5. The van der Waals surface area contributed by atoms with Gasteiger partial charge in [0.1, 0.15) is 12.6 Å². The van der Waals surface area contributed by atoms with Gasteiger partial charge in [0.15, 0.2) is 0 Å². The Morgan fingerprint density at radius 1 is 1.02 bits per heavy atom. The number of nitrogens with zero attached hydrogens (tertiary/aromatic N) is 2. The van der Waals surface area contributed by atoms with Gasteiger partial charge in [-0.05, 0) is 80.6 Å². The van der Waals surface area contributed by atoms with E-state index in [1.54, 1.807) is 43.3 Å². The molecule has 0 heterocycles. The lowest BCUT2D eigenvalue weighted by Crippen LogP contribution is -2.51. The molecule has 0 saturated carbocycles. The predicted molar refractivity (Wildman–Crippen MR) is 166 cm³/mol. The smallest absolute Gasteiger partial charge is 0.264 e. The van der Waals surface area contributed by atoms with E-state index in [0.29, 0.717) is 12.2 Å². The number of halogens is 1. The van der Waals surface area contributed by atoms with Crippen LogP contribution >= 0.6 is 27.7 Å². The molecule has 0 fully saturated rings. The third-order valence-electron chi connectivity index (χ3n) is 6.49. The van der Waals surface area contributed by atoms with Crippen LogP contribution in [0.15, 0.2) is 87.1 Å². The van der Waals surface area contributed by atoms with Crippen molar-refractivity contribution in [1.29, 1.82) is 0 Å². The molecule has 0 unspecified atom stereocenters. The first-order valence-corrected chi connectivity index (χ1v) is 16.6. The molecule has 1 atom stereocenters. The number of hydrogen-bond donors (Lipinski definition) is 1. The molecular weight excluding hydrogens is 610 g/mol. The lowest BCUT2D eigenvalue weighted by Gasteiger charge is -2.32. The molecule has 0 radical (unpaired) electrons. The standard InChI is InChI=1S/C30H36BrN3O4S2/c1-5-6-18-32-30(36)23(3)33(20-24-8-7-9-25(31)19-24)29(35)21-34(26-12-10-22(2)11-13-26)40(37,38)28-16-14-27(39-4)15-17-28/h7-17,19,23H,5-6,18,20-21H2,1-4H3,(H,32,36)/t23-/m1/s1. The van der Waals surface area contributed by atoms with Crippen LogP contribution in [-0.2, 0) is 26.2 Å². The van der Waals surface area contributed by atoms with E-state index < -0.39 is 28.5 Å². The third kappa shape index (κ3) is 8.34. The SMILES string of the molecule is CCCCNC(=O)[C@@H](C)N(Cc1cccc(Br)c1)C(=O)CN(c1ccc(C)cc1)S(=O)(=O)c1ccc(SC)cc1. The van der Waals surface area contributed by atoms with E-state index in [9.17, 15) is 18.0 Å². The first-order valence-electron chi connectivity index (χ1n) is 13.1. The highest BCUT2D eigenvalue weighted by atomic mass is 79.9. The predicted octanol–water partition coefficient (Wildman–Crippen LogP) is 6.01. The van der Waals surface area contributed by atoms with Crippen LogP contribution in [0.1, 0.15) is 37.8 Å². The van der Waals surface area contributed by atoms with Gasteiger partial charge >= 0.3 is 0 Å². The summed E-state index contributed by atoms with van der Waals surface area (Å²) < 4.78 is 29.8. The number of aryl methyl sites for hydroxylation is 1. The number of unbranched alkanes of at least 4 members (excludes halogenated alkanes) is 1. The fraction of sp³-hybridized carbons (Fsp3) is 0.333. The maximum atomic E-state index is 14.0. The van der Waals surface area contributed by atoms with Gasteiger partial charge in [0.05, 0.1) is 10.6 Å². The summed E-state index contributed by atoms with van der Waals surface area (Å²) in [6.45, 7) is 5.81. The van der Waals surface area contributed by atoms with E-state index in [1.165, 1.54) is 16.7 Å². The van der Waals surface area contributed by atoms with Crippen molar-refractivity contribution in [2.75, 3.05) is 23.7 Å². The first-order chi connectivity index (χ1) is 19.1. The van der Waals surface area contributed by atoms with Crippen LogP contribution < -0.4 is 9.62 Å². The van der Waals surface area contributed by atoms with E-state index in [1.807, 2.05) is 56.5 Å². The van der Waals surface area contributed by atoms with Crippen LogP contribution in [0.2, 0.25) is 0 Å². The monoisotopic (exact) mass is 645 g/mol. The van der Waals surface area contributed by atoms with Gasteiger partial charge in [0, 0.05) is 22.5 Å². The van der Waals surface area contributed by atoms with Crippen molar-refractivity contribution >= 4 is 55.2 Å². The highest BCUT2D eigenvalue weighted by Crippen LogP contribution is 2.26. The Balaban J connectivity index is 2.00. The summed E-state index contributed by atoms with van der Waals surface area (Å²) in [4.78, 5) is 29.5. The molecule has 3 rings (SSSR count). The summed E-state index contributed by atoms with van der Waals surface area (Å²) in [7, 11) is -4.10. The molecule has 0 aromatic heterocycles. The molecule has 0 aliphatic heterocycles. The number of nitrogens with one attached hydrogen (secondary N) is 1. The minimum absolute atomic E-state index is 0.0857. The number of rotatable bonds is 13. The summed E-state index contributed by atoms with van der Waals surface area (Å²) in [6, 6.07) is 20.3. The molecule has 214 valence electrons. The number of sulfonamides is 1. The molecule has 0 saturated heterocycles. The van der Waals surface area contributed by atoms with Crippen molar-refractivity contribution in [2.45, 2.75) is 56.0 Å². The van der Waals surface area contributed by atoms with Crippen LogP contribution in [0.5, 0.6) is 0 Å². The van der Waals surface area contributed by atoms with Crippen molar-refractivity contribution in [2.24, 2.45) is 0 Å². The van der Waals surface area contributed by atoms with Gasteiger partial charge in [0.2, 0.25) is 11.8 Å². The van der Waals surface area contributed by atoms with Crippen LogP contribution in [0, 0.1) is 6.92 Å². The number of benzene rings is 3. The van der Waals surface area contributed by atoms with Crippen LogP contribution in [0.25, 0.3) is 0 Å². The fourth-order valence-electron chi connectivity index (χ4n) is 4.07. The topological polar surface area (TPSA) is 86.8 Å². The first kappa shape index (κ1) is 31.7. The number of anilines is 1. The summed E-state index contributed by atoms with van der Waals surface area (Å²) in [6.07, 6.45) is 3.67. The molecule has 0 aliphatic carbocycles. The van der Waals surface area contributed by atoms with Gasteiger partial charge in [-0.1, -0.05) is 59.1 Å². The second kappa shape index (κ2) is 14.7. The molecule has 0 spiro atoms. The van der Waals surface area contributed by atoms with Crippen molar-refractivity contribution in [1.82, 2.24) is 10.2 Å². The Bertz CT molecular complexity index is 1400. The maximum Gasteiger partial charge on any atom is 0.264 e. The number of carbonyl (C=O) groups excluding carboxylic acids is 2. The van der Waals surface area contributed by atoms with E-state index in [2.05, 4.69) is 21.2 Å². The number of amides is 2. The van der Waals surface area contributed by atoms with E-state index in [-0.39, 0.29) is 17.3 Å². The maximum absolute atomic E-state index is 14.0. The quantitative estimate of drug-likeness (QED) is 0.182. The Hall–Kier alpha value is -2.82. The minimum atomic E-state index is -4.10. The van der Waals surface area contributed by atoms with Gasteiger partial charge < -0.3 is 10.2 Å². The molecule has 0 aliphatic rings. The van der Waals surface area contributed by atoms with E-state index >= 15 is 0 Å². The number of carbonyl (C=O) groups is 2. The second-order valence-corrected chi connectivity index (χ2v) is 13.2. The zero-order valence-electron chi connectivity index (χ0n) is 23.3. The Morgan fingerprint density at radius 2 is 1.70 bits per heavy atom. The average molecular weight is 647 g/mol. The van der Waals surface area contributed by atoms with Gasteiger partial charge in [-0.2, -0.15) is 0 Å². The summed E-state index contributed by atoms with van der Waals surface area (Å²) in [5, 5.41) is 2.90. The highest BCUT2D eigenvalue weighted by molar-refractivity contribution is 9.10. The molecule has 1 N–H and O–H groups in total. The average Bonchev–Trinajstić information content (AvgIpc) is 2.94. The van der Waals surface area contributed by atoms with Gasteiger partial charge in [-0.25, -0.2) is 8.42 Å². The van der Waals surface area contributed by atoms with Crippen LogP contribution in [-0.4, -0.2) is 50.5 Å². The van der Waals surface area contributed by atoms with Crippen molar-refractivity contribution in [3.63, 3.8) is 0 Å². The molecule has 40 heavy (non-hydrogen) atoms. The zero-order chi connectivity index (χ0) is 29.3. The lowest BCUT2D eigenvalue weighted by atomic mass is 10.1. The van der Waals surface area contributed by atoms with Crippen molar-refractivity contribution in [3.05, 3.63) is 88.4 Å². The molecule has 10 heteroatoms. The molecule has 0 bridgehead atoms. The third-order valence-corrected chi connectivity index (χ3v) is 9.51. The van der Waals surface area contributed by atoms with Crippen molar-refractivity contribution in [3.8, 4) is 0 Å². The molecule has 3 aromatic rings. The molecule has 2 amide bonds. The van der Waals surface area contributed by atoms with E-state index in [4.69, 9.17) is 0 Å². The second-order valence-electron chi connectivity index (χ2n) is 9.49. The Morgan fingerprint density at radius 3 is 2.30 bits per heavy atom. The minimum Gasteiger partial charge on any atom is -0.354 e. The van der Waals surface area contributed by atoms with Crippen molar-refractivity contribution < 1.29 is 18.0 Å². The van der Waals surface area contributed by atoms with Gasteiger partial charge in [-0.15, -0.1) is 11.8 Å². The molecule has 3 aromatic carbocycles. The lowest BCUT2D eigenvalue weighted by molar-refractivity contribution is -0.139. The molecule has 7 nitrogen and oxygen atoms in total. The summed E-state index contributed by atoms with van der Waals surface area (Å²) >= 11 is 4.98. The molecular formula is C30H36BrN3O4S2. The number of thioether (sulfide) groups is 1. The fourth-order valence-corrected chi connectivity index (χ4v) is 6.33. The van der Waals surface area contributed by atoms with Gasteiger partial charge in [0.25, 0.3) is 10.0 Å². The normalized spacial score (nSPS) is 12.0. The Labute approximate surface area is 250 Å². The Kier molecular flexibility index (Phi) is 11.7. The van der Waals surface area contributed by atoms with Crippen LogP contribution in [0.3, 0.4) is 0 Å². The van der Waals surface area contributed by atoms with Crippen LogP contribution in [0.4, 0.5) is 5.69 Å². The van der Waals surface area contributed by atoms with E-state index in [0.717, 1.165) is 37.6 Å². The number of hydrogen-bond acceptors (Lipinski definition) is 5. The summed E-state index contributed by atoms with van der Waals surface area (Å²) in [5.41, 5.74) is 2.15.